The molecule has 0 unspecified atom stereocenters. The van der Waals surface area contributed by atoms with Crippen molar-refractivity contribution in [3.63, 3.8) is 0 Å². The van der Waals surface area contributed by atoms with Crippen LogP contribution in [-0.2, 0) is 18.6 Å². The van der Waals surface area contributed by atoms with Gasteiger partial charge >= 0.3 is 18.6 Å². The molecule has 0 aromatic heterocycles. The number of hydrogen-bond donors (Lipinski definition) is 0. The van der Waals surface area contributed by atoms with Crippen molar-refractivity contribution in [1.29, 1.82) is 0 Å². The molecule has 8 heavy (non-hydrogen) atoms. The molecule has 1 fully saturated rings. The zero-order valence-electron chi connectivity index (χ0n) is 5.35. The largest absolute Gasteiger partial charge is 2.00 e. The summed E-state index contributed by atoms with van der Waals surface area (Å²) in [6, 6.07) is 0. The van der Waals surface area contributed by atoms with Gasteiger partial charge < -0.3 is 13.8 Å². The summed E-state index contributed by atoms with van der Waals surface area (Å²) in [5, 5.41) is 0. The third-order valence-electron chi connectivity index (χ3n) is 1.56. The van der Waals surface area contributed by atoms with Gasteiger partial charge in [0.05, 0.1) is 0 Å². The van der Waals surface area contributed by atoms with Crippen molar-refractivity contribution in [2.75, 3.05) is 0 Å². The zero-order valence-corrected chi connectivity index (χ0v) is 6.75. The molecular formula is C7H12V. The Morgan fingerprint density at radius 2 is 1.75 bits per heavy atom. The molecule has 0 heterocycles. The monoisotopic (exact) mass is 147 g/mol. The van der Waals surface area contributed by atoms with Crippen LogP contribution in [0.4, 0.5) is 0 Å². The van der Waals surface area contributed by atoms with Crippen LogP contribution in [0.5, 0.6) is 0 Å². The molecule has 1 radical (unpaired) electrons. The summed E-state index contributed by atoms with van der Waals surface area (Å²) in [6.07, 6.45) is 2.43. The van der Waals surface area contributed by atoms with Gasteiger partial charge in [-0.3, -0.25) is 5.41 Å². The molecule has 0 nitrogen and oxygen atoms in total. The molecule has 0 spiro atoms. The second kappa shape index (κ2) is 2.45. The van der Waals surface area contributed by atoms with E-state index in [1.807, 2.05) is 0 Å². The van der Waals surface area contributed by atoms with Gasteiger partial charge in [0, 0.05) is 0 Å². The Labute approximate surface area is 63.9 Å². The van der Waals surface area contributed by atoms with Gasteiger partial charge in [0.2, 0.25) is 0 Å². The molecule has 1 saturated carbocycles. The van der Waals surface area contributed by atoms with E-state index in [0.29, 0.717) is 0 Å². The topological polar surface area (TPSA) is 0 Å². The Bertz CT molecular complexity index is 68.5. The van der Waals surface area contributed by atoms with Crippen LogP contribution in [0.25, 0.3) is 0 Å². The van der Waals surface area contributed by atoms with Crippen LogP contribution in [-0.4, -0.2) is 0 Å². The van der Waals surface area contributed by atoms with E-state index in [0.717, 1.165) is 5.92 Å². The molecule has 0 aromatic carbocycles. The summed E-state index contributed by atoms with van der Waals surface area (Å²) in [5.74, 6) is 0.884. The van der Waals surface area contributed by atoms with Gasteiger partial charge in [0.1, 0.15) is 0 Å². The summed E-state index contributed by atoms with van der Waals surface area (Å²) >= 11 is 0. The fraction of sp³-hybridized carbons (Fsp3) is 0.714. The van der Waals surface area contributed by atoms with Crippen LogP contribution in [0.2, 0.25) is 0 Å². The van der Waals surface area contributed by atoms with Gasteiger partial charge in [0.15, 0.2) is 0 Å². The van der Waals surface area contributed by atoms with E-state index in [1.54, 1.807) is 0 Å². The molecule has 0 aromatic rings. The fourth-order valence-electron chi connectivity index (χ4n) is 1.42. The summed E-state index contributed by atoms with van der Waals surface area (Å²) < 4.78 is 0. The first-order valence-corrected chi connectivity index (χ1v) is 2.81. The maximum absolute atomic E-state index is 3.92. The first-order chi connectivity index (χ1) is 3.10. The number of hydrogen-bond acceptors (Lipinski definition) is 0. The van der Waals surface area contributed by atoms with Crippen molar-refractivity contribution in [2.24, 2.45) is 11.3 Å². The van der Waals surface area contributed by atoms with Gasteiger partial charge in [-0.25, -0.2) is 0 Å². The molecule has 0 aliphatic heterocycles. The van der Waals surface area contributed by atoms with Gasteiger partial charge in [-0.05, 0) is 0 Å². The predicted octanol–water partition coefficient (Wildman–Crippen LogP) is 2.07. The molecule has 45 valence electrons. The smallest absolute Gasteiger partial charge is 0.367 e. The van der Waals surface area contributed by atoms with E-state index in [4.69, 9.17) is 0 Å². The average molecular weight is 147 g/mol. The third kappa shape index (κ3) is 1.83. The quantitative estimate of drug-likeness (QED) is 0.460. The Morgan fingerprint density at radius 3 is 1.75 bits per heavy atom. The SMILES string of the molecule is [CH2-]C1([CH2-])CC(C)C1.[V+2]. The van der Waals surface area contributed by atoms with Gasteiger partial charge in [-0.1, -0.05) is 25.7 Å². The Hall–Kier alpha value is 0.584. The van der Waals surface area contributed by atoms with E-state index in [1.165, 1.54) is 12.8 Å². The summed E-state index contributed by atoms with van der Waals surface area (Å²) in [4.78, 5) is 0. The van der Waals surface area contributed by atoms with E-state index in [9.17, 15) is 0 Å². The minimum Gasteiger partial charge on any atom is -0.367 e. The average Bonchev–Trinajstić information content (AvgIpc) is 1.27. The summed E-state index contributed by atoms with van der Waals surface area (Å²) in [5.41, 5.74) is 0.194. The van der Waals surface area contributed by atoms with Crippen molar-refractivity contribution in [1.82, 2.24) is 0 Å². The van der Waals surface area contributed by atoms with E-state index in [2.05, 4.69) is 20.8 Å². The fourth-order valence-corrected chi connectivity index (χ4v) is 1.42. The maximum atomic E-state index is 3.92. The molecular weight excluding hydrogens is 135 g/mol. The second-order valence-corrected chi connectivity index (χ2v) is 3.01. The standard InChI is InChI=1S/C7H12.V/c1-6-4-7(2,3)5-6;/h6H,2-5H2,1H3;/q-2;+2. The van der Waals surface area contributed by atoms with Crippen LogP contribution in [0.3, 0.4) is 0 Å². The normalized spacial score (nSPS) is 25.9. The first-order valence-electron chi connectivity index (χ1n) is 2.81. The molecule has 0 N–H and O–H groups in total. The van der Waals surface area contributed by atoms with Gasteiger partial charge in [0.25, 0.3) is 0 Å². The van der Waals surface area contributed by atoms with Crippen molar-refractivity contribution < 1.29 is 18.6 Å². The summed E-state index contributed by atoms with van der Waals surface area (Å²) in [7, 11) is 0. The zero-order chi connectivity index (χ0) is 5.49. The molecule has 1 aliphatic rings. The number of rotatable bonds is 0. The first kappa shape index (κ1) is 8.58. The maximum Gasteiger partial charge on any atom is 2.00 e. The molecule has 0 saturated heterocycles. The van der Waals surface area contributed by atoms with Crippen LogP contribution in [0.1, 0.15) is 19.8 Å². The molecule has 1 aliphatic carbocycles. The van der Waals surface area contributed by atoms with Crippen LogP contribution < -0.4 is 0 Å². The van der Waals surface area contributed by atoms with E-state index >= 15 is 0 Å². The molecule has 0 atom stereocenters. The Kier molecular flexibility index (Phi) is 2.63. The second-order valence-electron chi connectivity index (χ2n) is 3.01. The minimum absolute atomic E-state index is 0. The molecule has 0 bridgehead atoms. The molecule has 1 heteroatoms. The van der Waals surface area contributed by atoms with Crippen molar-refractivity contribution in [2.45, 2.75) is 19.8 Å². The molecule has 0 amide bonds. The van der Waals surface area contributed by atoms with Gasteiger partial charge in [-0.2, -0.15) is 0 Å². The minimum atomic E-state index is 0. The van der Waals surface area contributed by atoms with Gasteiger partial charge in [-0.15, -0.1) is 0 Å². The van der Waals surface area contributed by atoms with Crippen molar-refractivity contribution in [3.8, 4) is 0 Å². The van der Waals surface area contributed by atoms with Crippen LogP contribution in [0, 0.1) is 25.2 Å². The van der Waals surface area contributed by atoms with Crippen LogP contribution >= 0.6 is 0 Å². The van der Waals surface area contributed by atoms with E-state index in [-0.39, 0.29) is 24.0 Å². The Balaban J connectivity index is 0.000000490. The predicted molar refractivity (Wildman–Crippen MR) is 31.5 cm³/mol. The summed E-state index contributed by atoms with van der Waals surface area (Å²) in [6.45, 7) is 10.1. The van der Waals surface area contributed by atoms with E-state index < -0.39 is 0 Å². The Morgan fingerprint density at radius 1 is 1.38 bits per heavy atom. The van der Waals surface area contributed by atoms with Crippen LogP contribution in [0.15, 0.2) is 0 Å². The van der Waals surface area contributed by atoms with Crippen molar-refractivity contribution in [3.05, 3.63) is 13.8 Å². The molecule has 1 rings (SSSR count). The third-order valence-corrected chi connectivity index (χ3v) is 1.56. The van der Waals surface area contributed by atoms with Crippen molar-refractivity contribution >= 4 is 0 Å².